The highest BCUT2D eigenvalue weighted by atomic mass is 35.5. The molecule has 31 heavy (non-hydrogen) atoms. The van der Waals surface area contributed by atoms with Crippen LogP contribution in [0.4, 0.5) is 13.2 Å². The average Bonchev–Trinajstić information content (AvgIpc) is 3.16. The van der Waals surface area contributed by atoms with Gasteiger partial charge in [-0.1, -0.05) is 52.1 Å². The van der Waals surface area contributed by atoms with Crippen molar-refractivity contribution in [3.8, 4) is 0 Å². The summed E-state index contributed by atoms with van der Waals surface area (Å²) in [6.45, 7) is 0.143. The first-order valence-corrected chi connectivity index (χ1v) is 11.3. The molecule has 1 aromatic heterocycles. The minimum atomic E-state index is -4.79. The van der Waals surface area contributed by atoms with E-state index in [1.165, 1.54) is 30.0 Å². The monoisotopic (exact) mass is 511 g/mol. The number of hydrogen-bond acceptors (Lipinski definition) is 5. The molecule has 1 atom stereocenters. The molecule has 1 N–H and O–H groups in total. The molecule has 0 fully saturated rings. The summed E-state index contributed by atoms with van der Waals surface area (Å²) in [6.07, 6.45) is -3.62. The third-order valence-corrected chi connectivity index (χ3v) is 6.16. The van der Waals surface area contributed by atoms with Gasteiger partial charge >= 0.3 is 6.18 Å². The summed E-state index contributed by atoms with van der Waals surface area (Å²) in [5.41, 5.74) is -2.33. The first-order chi connectivity index (χ1) is 14.6. The largest absolute Gasteiger partial charge is 0.435 e. The van der Waals surface area contributed by atoms with Gasteiger partial charge in [0.05, 0.1) is 27.9 Å². The van der Waals surface area contributed by atoms with Crippen LogP contribution in [-0.2, 0) is 21.8 Å². The Balaban J connectivity index is 1.84. The van der Waals surface area contributed by atoms with Crippen LogP contribution in [0, 0.1) is 0 Å². The summed E-state index contributed by atoms with van der Waals surface area (Å²) in [7, 11) is 0. The normalized spacial score (nSPS) is 18.5. The van der Waals surface area contributed by atoms with Crippen molar-refractivity contribution < 1.29 is 22.8 Å². The Bertz CT molecular complexity index is 1040. The molecule has 0 saturated carbocycles. The number of carbonyl (C=O) groups excluding carboxylic acids is 1. The molecular weight excluding hydrogens is 498 g/mol. The number of benzene rings is 1. The molecule has 0 saturated heterocycles. The molecule has 0 spiro atoms. The van der Waals surface area contributed by atoms with Crippen LogP contribution in [0.15, 0.2) is 35.5 Å². The van der Waals surface area contributed by atoms with Gasteiger partial charge in [0.2, 0.25) is 5.91 Å². The van der Waals surface area contributed by atoms with Crippen molar-refractivity contribution >= 4 is 58.2 Å². The zero-order valence-electron chi connectivity index (χ0n) is 15.9. The van der Waals surface area contributed by atoms with Crippen LogP contribution < -0.4 is 5.32 Å². The van der Waals surface area contributed by atoms with E-state index in [9.17, 15) is 18.0 Å². The van der Waals surface area contributed by atoms with Gasteiger partial charge < -0.3 is 10.2 Å². The third-order valence-electron chi connectivity index (χ3n) is 4.54. The molecule has 1 aliphatic heterocycles. The number of aromatic nitrogens is 1. The van der Waals surface area contributed by atoms with E-state index in [0.29, 0.717) is 11.3 Å². The highest BCUT2D eigenvalue weighted by molar-refractivity contribution is 7.99. The van der Waals surface area contributed by atoms with E-state index in [1.54, 1.807) is 12.3 Å². The van der Waals surface area contributed by atoms with Gasteiger partial charge in [-0.05, 0) is 24.5 Å². The van der Waals surface area contributed by atoms with Crippen molar-refractivity contribution in [3.05, 3.63) is 62.4 Å². The van der Waals surface area contributed by atoms with Crippen LogP contribution in [0.5, 0.6) is 0 Å². The second-order valence-electron chi connectivity index (χ2n) is 6.62. The second-order valence-corrected chi connectivity index (χ2v) is 8.65. The number of carbonyl (C=O) groups is 1. The molecule has 12 heteroatoms. The van der Waals surface area contributed by atoms with Gasteiger partial charge in [-0.25, -0.2) is 4.98 Å². The molecule has 0 radical (unpaired) electrons. The maximum Gasteiger partial charge on any atom is 0.435 e. The summed E-state index contributed by atoms with van der Waals surface area (Å²) in [6, 6.07) is 6.62. The summed E-state index contributed by atoms with van der Waals surface area (Å²) in [5, 5.41) is 6.47. The quantitative estimate of drug-likeness (QED) is 0.512. The molecule has 1 amide bonds. The van der Waals surface area contributed by atoms with Gasteiger partial charge in [0.25, 0.3) is 5.60 Å². The summed E-state index contributed by atoms with van der Waals surface area (Å²) in [5.74, 6) is 0.128. The fourth-order valence-corrected chi connectivity index (χ4v) is 3.80. The summed E-state index contributed by atoms with van der Waals surface area (Å²) >= 11 is 19.3. The number of alkyl halides is 3. The molecule has 1 unspecified atom stereocenters. The predicted octanol–water partition coefficient (Wildman–Crippen LogP) is 5.60. The van der Waals surface area contributed by atoms with Crippen molar-refractivity contribution in [1.29, 1.82) is 0 Å². The second kappa shape index (κ2) is 9.44. The Morgan fingerprint density at radius 1 is 1.23 bits per heavy atom. The Labute approximate surface area is 195 Å². The summed E-state index contributed by atoms with van der Waals surface area (Å²) in [4.78, 5) is 20.7. The molecule has 0 bridgehead atoms. The molecule has 2 aromatic rings. The van der Waals surface area contributed by atoms with Crippen LogP contribution in [0.1, 0.15) is 23.2 Å². The Hall–Kier alpha value is -1.68. The van der Waals surface area contributed by atoms with Crippen LogP contribution in [-0.4, -0.2) is 34.8 Å². The zero-order chi connectivity index (χ0) is 22.8. The number of nitrogens with zero attached hydrogens (tertiary/aromatic N) is 2. The van der Waals surface area contributed by atoms with E-state index in [1.807, 2.05) is 0 Å². The van der Waals surface area contributed by atoms with Crippen molar-refractivity contribution in [1.82, 2.24) is 10.3 Å². The molecular formula is C19H15Cl3F3N3O2S. The minimum Gasteiger partial charge on any atom is -0.374 e. The van der Waals surface area contributed by atoms with E-state index in [0.717, 1.165) is 6.07 Å². The molecule has 0 aliphatic carbocycles. The van der Waals surface area contributed by atoms with Crippen LogP contribution in [0.2, 0.25) is 15.2 Å². The number of hydrogen-bond donors (Lipinski definition) is 1. The minimum absolute atomic E-state index is 0.0248. The number of nitrogens with one attached hydrogen (secondary N) is 1. The highest BCUT2D eigenvalue weighted by Gasteiger charge is 2.62. The lowest BCUT2D eigenvalue weighted by Crippen LogP contribution is -2.42. The third kappa shape index (κ3) is 5.05. The standard InChI is InChI=1S/C19H15Cl3F3N3O2S/c1-31-9-16(29)26-8-10-2-5-14(27-17(10)22)15-7-18(30-28-15,19(23,24)25)11-3-4-12(20)13(21)6-11/h2-6H,7-9H2,1H3,(H,26,29). The number of thioether (sulfide) groups is 1. The molecule has 5 nitrogen and oxygen atoms in total. The Kier molecular flexibility index (Phi) is 7.30. The molecule has 166 valence electrons. The van der Waals surface area contributed by atoms with Crippen molar-refractivity contribution in [2.24, 2.45) is 5.16 Å². The van der Waals surface area contributed by atoms with Crippen molar-refractivity contribution in [2.75, 3.05) is 12.0 Å². The van der Waals surface area contributed by atoms with Crippen LogP contribution >= 0.6 is 46.6 Å². The number of halogens is 6. The van der Waals surface area contributed by atoms with E-state index in [2.05, 4.69) is 15.5 Å². The SMILES string of the molecule is CSCC(=O)NCc1ccc(C2=NOC(c3ccc(Cl)c(Cl)c3)(C(F)(F)F)C2)nc1Cl. The maximum absolute atomic E-state index is 14.0. The van der Waals surface area contributed by atoms with E-state index in [-0.39, 0.29) is 44.6 Å². The molecule has 3 rings (SSSR count). The van der Waals surface area contributed by atoms with Crippen molar-refractivity contribution in [2.45, 2.75) is 24.7 Å². The molecule has 1 aliphatic rings. The van der Waals surface area contributed by atoms with Crippen LogP contribution in [0.25, 0.3) is 0 Å². The van der Waals surface area contributed by atoms with Gasteiger partial charge in [-0.15, -0.1) is 0 Å². The zero-order valence-corrected chi connectivity index (χ0v) is 19.0. The van der Waals surface area contributed by atoms with Crippen LogP contribution in [0.3, 0.4) is 0 Å². The maximum atomic E-state index is 14.0. The first kappa shape index (κ1) is 24.0. The van der Waals surface area contributed by atoms with E-state index >= 15 is 0 Å². The fourth-order valence-electron chi connectivity index (χ4n) is 2.92. The van der Waals surface area contributed by atoms with Gasteiger partial charge in [0.15, 0.2) is 0 Å². The van der Waals surface area contributed by atoms with Gasteiger partial charge in [0.1, 0.15) is 10.9 Å². The highest BCUT2D eigenvalue weighted by Crippen LogP contribution is 2.49. The lowest BCUT2D eigenvalue weighted by atomic mass is 9.87. The number of oxime groups is 1. The number of amides is 1. The lowest BCUT2D eigenvalue weighted by molar-refractivity contribution is -0.275. The molecule has 1 aromatic carbocycles. The smallest absolute Gasteiger partial charge is 0.374 e. The topological polar surface area (TPSA) is 63.6 Å². The Morgan fingerprint density at radius 3 is 2.58 bits per heavy atom. The number of rotatable bonds is 6. The van der Waals surface area contributed by atoms with Gasteiger partial charge in [-0.2, -0.15) is 24.9 Å². The van der Waals surface area contributed by atoms with Crippen molar-refractivity contribution in [3.63, 3.8) is 0 Å². The van der Waals surface area contributed by atoms with E-state index in [4.69, 9.17) is 39.6 Å². The molecule has 2 heterocycles. The van der Waals surface area contributed by atoms with E-state index < -0.39 is 18.2 Å². The Morgan fingerprint density at radius 2 is 1.97 bits per heavy atom. The lowest BCUT2D eigenvalue weighted by Gasteiger charge is -2.29. The van der Waals surface area contributed by atoms with Gasteiger partial charge in [0, 0.05) is 17.7 Å². The van der Waals surface area contributed by atoms with Gasteiger partial charge in [-0.3, -0.25) is 4.79 Å². The average molecular weight is 513 g/mol. The number of pyridine rings is 1. The summed E-state index contributed by atoms with van der Waals surface area (Å²) < 4.78 is 42.1. The fraction of sp³-hybridized carbons (Fsp3) is 0.316. The predicted molar refractivity (Wildman–Crippen MR) is 116 cm³/mol. The first-order valence-electron chi connectivity index (χ1n) is 8.76.